The summed E-state index contributed by atoms with van der Waals surface area (Å²) in [5.74, 6) is -0.555. The number of hydrogen-bond donors (Lipinski definition) is 1. The van der Waals surface area contributed by atoms with Gasteiger partial charge < -0.3 is 9.84 Å². The Balaban J connectivity index is 0. The highest BCUT2D eigenvalue weighted by atomic mass is 16.5. The number of esters is 1. The maximum Gasteiger partial charge on any atom is 0.303 e. The molecular formula is C6H12O4. The second-order valence-electron chi connectivity index (χ2n) is 1.48. The van der Waals surface area contributed by atoms with Crippen LogP contribution < -0.4 is 0 Å². The third-order valence-corrected chi connectivity index (χ3v) is 0.479. The molecule has 0 aromatic heterocycles. The standard InChI is InChI=1S/C5H8O3.CH4O/c1-4(6)3-8-5(2)7;1-2/h3H2,1-2H3;2H,1H3. The summed E-state index contributed by atoms with van der Waals surface area (Å²) in [5.41, 5.74) is 0. The van der Waals surface area contributed by atoms with Gasteiger partial charge in [-0.3, -0.25) is 9.59 Å². The molecule has 0 fully saturated rings. The first kappa shape index (κ1) is 11.8. The van der Waals surface area contributed by atoms with Crippen LogP contribution in [-0.4, -0.2) is 30.6 Å². The lowest BCUT2D eigenvalue weighted by molar-refractivity contribution is -0.145. The highest BCUT2D eigenvalue weighted by Crippen LogP contribution is 1.75. The first-order valence-corrected chi connectivity index (χ1v) is 2.70. The van der Waals surface area contributed by atoms with Crippen LogP contribution in [-0.2, 0) is 14.3 Å². The molecule has 0 aliphatic heterocycles. The van der Waals surface area contributed by atoms with Crippen LogP contribution in [0.3, 0.4) is 0 Å². The molecule has 60 valence electrons. The summed E-state index contributed by atoms with van der Waals surface area (Å²) in [6, 6.07) is 0. The fourth-order valence-electron chi connectivity index (χ4n) is 0.203. The lowest BCUT2D eigenvalue weighted by Crippen LogP contribution is -2.07. The maximum absolute atomic E-state index is 10.1. The van der Waals surface area contributed by atoms with E-state index in [1.807, 2.05) is 0 Å². The summed E-state index contributed by atoms with van der Waals surface area (Å²) < 4.78 is 4.31. The molecule has 0 aromatic carbocycles. The van der Waals surface area contributed by atoms with Gasteiger partial charge in [0.15, 0.2) is 5.78 Å². The number of Topliss-reactive ketones (excluding diaryl/α,β-unsaturated/α-hetero) is 1. The molecule has 4 nitrogen and oxygen atoms in total. The van der Waals surface area contributed by atoms with Crippen LogP contribution in [0, 0.1) is 0 Å². The van der Waals surface area contributed by atoms with Gasteiger partial charge in [-0.15, -0.1) is 0 Å². The van der Waals surface area contributed by atoms with Crippen LogP contribution in [0.15, 0.2) is 0 Å². The van der Waals surface area contributed by atoms with E-state index in [4.69, 9.17) is 5.11 Å². The molecule has 4 heteroatoms. The Morgan fingerprint density at radius 3 is 1.80 bits per heavy atom. The monoisotopic (exact) mass is 148 g/mol. The van der Waals surface area contributed by atoms with Gasteiger partial charge in [-0.05, 0) is 6.92 Å². The van der Waals surface area contributed by atoms with E-state index >= 15 is 0 Å². The van der Waals surface area contributed by atoms with Crippen molar-refractivity contribution >= 4 is 11.8 Å². The molecule has 0 aliphatic rings. The van der Waals surface area contributed by atoms with Gasteiger partial charge in [-0.2, -0.15) is 0 Å². The quantitative estimate of drug-likeness (QED) is 0.548. The Labute approximate surface area is 59.8 Å². The van der Waals surface area contributed by atoms with E-state index in [0.29, 0.717) is 0 Å². The lowest BCUT2D eigenvalue weighted by atomic mass is 10.5. The van der Waals surface area contributed by atoms with Crippen LogP contribution in [0.25, 0.3) is 0 Å². The fourth-order valence-corrected chi connectivity index (χ4v) is 0.203. The third-order valence-electron chi connectivity index (χ3n) is 0.479. The molecule has 0 amide bonds. The van der Waals surface area contributed by atoms with Gasteiger partial charge in [0, 0.05) is 14.0 Å². The van der Waals surface area contributed by atoms with Crippen molar-refractivity contribution in [1.82, 2.24) is 0 Å². The Bertz CT molecular complexity index is 94.3. The van der Waals surface area contributed by atoms with Gasteiger partial charge in [0.2, 0.25) is 0 Å². The molecule has 0 spiro atoms. The average molecular weight is 148 g/mol. The van der Waals surface area contributed by atoms with Crippen molar-refractivity contribution in [3.63, 3.8) is 0 Å². The van der Waals surface area contributed by atoms with E-state index in [9.17, 15) is 9.59 Å². The molecule has 0 bridgehead atoms. The fraction of sp³-hybridized carbons (Fsp3) is 0.667. The molecule has 0 unspecified atom stereocenters. The van der Waals surface area contributed by atoms with Gasteiger partial charge >= 0.3 is 5.97 Å². The van der Waals surface area contributed by atoms with Crippen molar-refractivity contribution in [1.29, 1.82) is 0 Å². The van der Waals surface area contributed by atoms with Gasteiger partial charge in [0.05, 0.1) is 0 Å². The molecule has 1 N–H and O–H groups in total. The third kappa shape index (κ3) is 15.7. The van der Waals surface area contributed by atoms with Gasteiger partial charge in [0.1, 0.15) is 6.61 Å². The van der Waals surface area contributed by atoms with E-state index < -0.39 is 5.97 Å². The van der Waals surface area contributed by atoms with Crippen LogP contribution in [0.4, 0.5) is 0 Å². The molecule has 0 saturated carbocycles. The molecule has 0 heterocycles. The van der Waals surface area contributed by atoms with Crippen molar-refractivity contribution in [2.75, 3.05) is 13.7 Å². The highest BCUT2D eigenvalue weighted by molar-refractivity contribution is 5.79. The topological polar surface area (TPSA) is 63.6 Å². The van der Waals surface area contributed by atoms with Gasteiger partial charge in [-0.25, -0.2) is 0 Å². The van der Waals surface area contributed by atoms with Crippen LogP contribution in [0.5, 0.6) is 0 Å². The van der Waals surface area contributed by atoms with Gasteiger partial charge in [-0.1, -0.05) is 0 Å². The lowest BCUT2D eigenvalue weighted by Gasteiger charge is -1.93. The predicted octanol–water partition coefficient (Wildman–Crippen LogP) is -0.253. The minimum atomic E-state index is -0.416. The zero-order valence-corrected chi connectivity index (χ0v) is 6.38. The Morgan fingerprint density at radius 2 is 1.70 bits per heavy atom. The molecule has 0 aromatic rings. The Morgan fingerprint density at radius 1 is 1.30 bits per heavy atom. The predicted molar refractivity (Wildman–Crippen MR) is 35.5 cm³/mol. The number of rotatable bonds is 2. The maximum atomic E-state index is 10.1. The van der Waals surface area contributed by atoms with E-state index in [-0.39, 0.29) is 12.4 Å². The summed E-state index contributed by atoms with van der Waals surface area (Å²) in [6.07, 6.45) is 0. The van der Waals surface area contributed by atoms with Crippen molar-refractivity contribution in [3.8, 4) is 0 Å². The van der Waals surface area contributed by atoms with E-state index in [1.165, 1.54) is 13.8 Å². The van der Waals surface area contributed by atoms with Crippen molar-refractivity contribution in [2.45, 2.75) is 13.8 Å². The number of aliphatic hydroxyl groups is 1. The molecule has 10 heavy (non-hydrogen) atoms. The molecule has 0 saturated heterocycles. The van der Waals surface area contributed by atoms with Crippen molar-refractivity contribution in [3.05, 3.63) is 0 Å². The Hall–Kier alpha value is -0.900. The first-order valence-electron chi connectivity index (χ1n) is 2.70. The number of carbonyl (C=O) groups is 2. The smallest absolute Gasteiger partial charge is 0.303 e. The van der Waals surface area contributed by atoms with E-state index in [2.05, 4.69) is 4.74 Å². The molecular weight excluding hydrogens is 136 g/mol. The highest BCUT2D eigenvalue weighted by Gasteiger charge is 1.94. The Kier molecular flexibility index (Phi) is 9.59. The minimum absolute atomic E-state index is 0.102. The first-order chi connectivity index (χ1) is 4.63. The second kappa shape index (κ2) is 8.10. The average Bonchev–Trinajstić information content (AvgIpc) is 1.89. The normalized spacial score (nSPS) is 7.20. The number of carbonyl (C=O) groups excluding carboxylic acids is 2. The zero-order chi connectivity index (χ0) is 8.57. The minimum Gasteiger partial charge on any atom is -0.458 e. The number of hydrogen-bond acceptors (Lipinski definition) is 4. The largest absolute Gasteiger partial charge is 0.458 e. The number of aliphatic hydroxyl groups excluding tert-OH is 1. The summed E-state index contributed by atoms with van der Waals surface area (Å²) in [4.78, 5) is 20.0. The zero-order valence-electron chi connectivity index (χ0n) is 6.38. The van der Waals surface area contributed by atoms with E-state index in [1.54, 1.807) is 0 Å². The van der Waals surface area contributed by atoms with E-state index in [0.717, 1.165) is 7.11 Å². The number of ketones is 1. The van der Waals surface area contributed by atoms with Crippen molar-refractivity contribution < 1.29 is 19.4 Å². The summed E-state index contributed by atoms with van der Waals surface area (Å²) in [7, 11) is 1.00. The second-order valence-corrected chi connectivity index (χ2v) is 1.48. The summed E-state index contributed by atoms with van der Waals surface area (Å²) in [6.45, 7) is 2.53. The summed E-state index contributed by atoms with van der Waals surface area (Å²) in [5, 5.41) is 7.00. The SMILES string of the molecule is CC(=O)COC(C)=O.CO. The van der Waals surface area contributed by atoms with Gasteiger partial charge in [0.25, 0.3) is 0 Å². The van der Waals surface area contributed by atoms with Crippen molar-refractivity contribution in [2.24, 2.45) is 0 Å². The van der Waals surface area contributed by atoms with Crippen LogP contribution in [0.2, 0.25) is 0 Å². The van der Waals surface area contributed by atoms with Crippen LogP contribution in [0.1, 0.15) is 13.8 Å². The molecule has 0 atom stereocenters. The molecule has 0 aliphatic carbocycles. The van der Waals surface area contributed by atoms with Crippen LogP contribution >= 0.6 is 0 Å². The molecule has 0 rings (SSSR count). The number of ether oxygens (including phenoxy) is 1. The molecule has 0 radical (unpaired) electrons. The summed E-state index contributed by atoms with van der Waals surface area (Å²) >= 11 is 0.